The number of rotatable bonds is 7. The minimum atomic E-state index is -1.22. The fraction of sp³-hybridized carbons (Fsp3) is 0.667. The third-order valence-corrected chi connectivity index (χ3v) is 2.48. The second kappa shape index (κ2) is 10.8. The Morgan fingerprint density at radius 2 is 1.94 bits per heavy atom. The molecular weight excluding hydrogens is 229 g/mol. The molecule has 0 aliphatic heterocycles. The van der Waals surface area contributed by atoms with E-state index in [2.05, 4.69) is 13.0 Å². The Hall–Kier alpha value is -0.320. The van der Waals surface area contributed by atoms with Gasteiger partial charge in [-0.1, -0.05) is 19.1 Å². The van der Waals surface area contributed by atoms with Crippen molar-refractivity contribution in [1.82, 2.24) is 4.90 Å². The van der Waals surface area contributed by atoms with Crippen molar-refractivity contribution in [2.24, 2.45) is 0 Å². The first-order valence-corrected chi connectivity index (χ1v) is 5.62. The number of carbonyl (C=O) groups is 2. The zero-order chi connectivity index (χ0) is 12.6. The fourth-order valence-electron chi connectivity index (χ4n) is 1.21. The van der Waals surface area contributed by atoms with Gasteiger partial charge in [-0.25, -0.2) is 0 Å². The molecule has 0 radical (unpaired) electrons. The monoisotopic (exact) mass is 249 g/mol. The van der Waals surface area contributed by atoms with E-state index < -0.39 is 12.0 Å². The molecule has 0 fully saturated rings. The Morgan fingerprint density at radius 1 is 1.35 bits per heavy atom. The Balaban J connectivity index is 0. The Morgan fingerprint density at radius 3 is 2.41 bits per heavy atom. The number of carboxylic acids is 1. The van der Waals surface area contributed by atoms with Crippen LogP contribution in [-0.4, -0.2) is 29.9 Å². The van der Waals surface area contributed by atoms with Gasteiger partial charge >= 0.3 is 29.6 Å². The summed E-state index contributed by atoms with van der Waals surface area (Å²) in [5.74, 6) is -1.37. The van der Waals surface area contributed by atoms with Crippen LogP contribution in [0.2, 0.25) is 0 Å². The van der Waals surface area contributed by atoms with Gasteiger partial charge in [-0.05, 0) is 26.2 Å². The van der Waals surface area contributed by atoms with Crippen LogP contribution in [0, 0.1) is 0 Å². The first-order chi connectivity index (χ1) is 7.50. The molecule has 0 bridgehead atoms. The summed E-state index contributed by atoms with van der Waals surface area (Å²) < 4.78 is 0. The molecule has 0 spiro atoms. The summed E-state index contributed by atoms with van der Waals surface area (Å²) >= 11 is 0. The quantitative estimate of drug-likeness (QED) is 0.290. The van der Waals surface area contributed by atoms with Gasteiger partial charge in [0.15, 0.2) is 0 Å². The summed E-state index contributed by atoms with van der Waals surface area (Å²) in [6.45, 7) is 3.50. The van der Waals surface area contributed by atoms with Crippen molar-refractivity contribution in [2.75, 3.05) is 7.05 Å². The molecule has 0 aromatic heterocycles. The second-order valence-corrected chi connectivity index (χ2v) is 3.77. The average molecular weight is 249 g/mol. The molecule has 0 saturated heterocycles. The number of unbranched alkanes of at least 4 members (excludes halogenated alkanes) is 1. The molecule has 0 aliphatic rings. The number of hydrogen-bond donors (Lipinski definition) is 0. The SMILES string of the molecule is CC/C=C/CCCC(=O)N(C)C(C)C(=O)[O-].[Na+]. The number of hydrogen-bond acceptors (Lipinski definition) is 3. The first-order valence-electron chi connectivity index (χ1n) is 5.62. The van der Waals surface area contributed by atoms with Crippen LogP contribution in [-0.2, 0) is 9.59 Å². The van der Waals surface area contributed by atoms with Crippen LogP contribution in [0.1, 0.15) is 39.5 Å². The van der Waals surface area contributed by atoms with Gasteiger partial charge in [0.2, 0.25) is 5.91 Å². The van der Waals surface area contributed by atoms with Crippen LogP contribution in [0.5, 0.6) is 0 Å². The molecule has 0 heterocycles. The minimum Gasteiger partial charge on any atom is -0.548 e. The molecule has 1 unspecified atom stereocenters. The molecule has 0 rings (SSSR count). The van der Waals surface area contributed by atoms with Crippen molar-refractivity contribution in [1.29, 1.82) is 0 Å². The van der Waals surface area contributed by atoms with E-state index in [1.54, 1.807) is 0 Å². The van der Waals surface area contributed by atoms with Crippen LogP contribution in [0.15, 0.2) is 12.2 Å². The van der Waals surface area contributed by atoms with Crippen molar-refractivity contribution in [2.45, 2.75) is 45.6 Å². The molecule has 0 aromatic rings. The number of carbonyl (C=O) groups excluding carboxylic acids is 2. The van der Waals surface area contributed by atoms with Gasteiger partial charge in [0.25, 0.3) is 0 Å². The number of amides is 1. The summed E-state index contributed by atoms with van der Waals surface area (Å²) in [5, 5.41) is 10.5. The standard InChI is InChI=1S/C12H21NO3.Na/c1-4-5-6-7-8-9-11(14)13(3)10(2)12(15)16;/h5-6,10H,4,7-9H2,1-3H3,(H,15,16);/q;+1/p-1/b6-5+;. The van der Waals surface area contributed by atoms with Gasteiger partial charge in [-0.3, -0.25) is 4.79 Å². The zero-order valence-electron chi connectivity index (χ0n) is 11.2. The Labute approximate surface area is 125 Å². The second-order valence-electron chi connectivity index (χ2n) is 3.77. The van der Waals surface area contributed by atoms with E-state index >= 15 is 0 Å². The van der Waals surface area contributed by atoms with E-state index in [4.69, 9.17) is 0 Å². The molecule has 4 nitrogen and oxygen atoms in total. The summed E-state index contributed by atoms with van der Waals surface area (Å²) in [6, 6.07) is -0.862. The number of aliphatic carboxylic acids is 1. The van der Waals surface area contributed by atoms with E-state index in [0.717, 1.165) is 19.3 Å². The third-order valence-electron chi connectivity index (χ3n) is 2.48. The van der Waals surface area contributed by atoms with E-state index in [1.807, 2.05) is 6.08 Å². The van der Waals surface area contributed by atoms with E-state index in [0.29, 0.717) is 6.42 Å². The summed E-state index contributed by atoms with van der Waals surface area (Å²) in [7, 11) is 1.49. The summed E-state index contributed by atoms with van der Waals surface area (Å²) in [4.78, 5) is 23.3. The van der Waals surface area contributed by atoms with E-state index in [9.17, 15) is 14.7 Å². The number of allylic oxidation sites excluding steroid dienone is 2. The van der Waals surface area contributed by atoms with Crippen LogP contribution in [0.25, 0.3) is 0 Å². The van der Waals surface area contributed by atoms with Crippen LogP contribution in [0.4, 0.5) is 0 Å². The van der Waals surface area contributed by atoms with Crippen molar-refractivity contribution in [3.63, 3.8) is 0 Å². The Kier molecular flexibility index (Phi) is 12.1. The third kappa shape index (κ3) is 8.41. The summed E-state index contributed by atoms with van der Waals surface area (Å²) in [6.07, 6.45) is 7.07. The van der Waals surface area contributed by atoms with Gasteiger partial charge in [0, 0.05) is 13.5 Å². The molecule has 5 heteroatoms. The van der Waals surface area contributed by atoms with Gasteiger partial charge in [-0.2, -0.15) is 0 Å². The van der Waals surface area contributed by atoms with Crippen LogP contribution < -0.4 is 34.7 Å². The average Bonchev–Trinajstić information content (AvgIpc) is 2.26. The zero-order valence-corrected chi connectivity index (χ0v) is 13.2. The molecule has 0 aromatic carbocycles. The normalized spacial score (nSPS) is 11.9. The smallest absolute Gasteiger partial charge is 0.548 e. The molecule has 1 amide bonds. The first kappa shape index (κ1) is 19.0. The predicted molar refractivity (Wildman–Crippen MR) is 60.5 cm³/mol. The van der Waals surface area contributed by atoms with E-state index in [1.165, 1.54) is 18.9 Å². The molecule has 1 atom stereocenters. The predicted octanol–water partition coefficient (Wildman–Crippen LogP) is -2.28. The minimum absolute atomic E-state index is 0. The van der Waals surface area contributed by atoms with E-state index in [-0.39, 0.29) is 35.5 Å². The van der Waals surface area contributed by atoms with Gasteiger partial charge < -0.3 is 14.8 Å². The van der Waals surface area contributed by atoms with Crippen molar-refractivity contribution < 1.29 is 44.3 Å². The molecule has 0 N–H and O–H groups in total. The topological polar surface area (TPSA) is 60.4 Å². The molecular formula is C12H20NNaO3. The maximum absolute atomic E-state index is 11.5. The number of nitrogens with zero attached hydrogens (tertiary/aromatic N) is 1. The molecule has 0 aliphatic carbocycles. The Bertz CT molecular complexity index is 266. The maximum Gasteiger partial charge on any atom is 1.00 e. The maximum atomic E-state index is 11.5. The van der Waals surface area contributed by atoms with Crippen molar-refractivity contribution >= 4 is 11.9 Å². The van der Waals surface area contributed by atoms with Crippen molar-refractivity contribution in [3.05, 3.63) is 12.2 Å². The van der Waals surface area contributed by atoms with Crippen LogP contribution >= 0.6 is 0 Å². The van der Waals surface area contributed by atoms with Crippen LogP contribution in [0.3, 0.4) is 0 Å². The van der Waals surface area contributed by atoms with Gasteiger partial charge in [0.05, 0.1) is 12.0 Å². The molecule has 92 valence electrons. The van der Waals surface area contributed by atoms with Gasteiger partial charge in [0.1, 0.15) is 0 Å². The summed E-state index contributed by atoms with van der Waals surface area (Å²) in [5.41, 5.74) is 0. The molecule has 17 heavy (non-hydrogen) atoms. The molecule has 0 saturated carbocycles. The fourth-order valence-corrected chi connectivity index (χ4v) is 1.21. The number of likely N-dealkylation sites (N-methyl/N-ethyl adjacent to an activating group) is 1. The number of carboxylic acid groups (broad SMARTS) is 1. The van der Waals surface area contributed by atoms with Crippen molar-refractivity contribution in [3.8, 4) is 0 Å². The van der Waals surface area contributed by atoms with Gasteiger partial charge in [-0.15, -0.1) is 0 Å². The largest absolute Gasteiger partial charge is 1.00 e.